The Morgan fingerprint density at radius 2 is 2.23 bits per heavy atom. The van der Waals surface area contributed by atoms with Crippen LogP contribution in [-0.4, -0.2) is 83.7 Å². The number of aromatic nitrogens is 2. The molecule has 0 saturated carbocycles. The van der Waals surface area contributed by atoms with Crippen molar-refractivity contribution in [2.24, 2.45) is 11.8 Å². The van der Waals surface area contributed by atoms with Gasteiger partial charge in [-0.05, 0) is 13.0 Å². The minimum Gasteiger partial charge on any atom is -0.396 e. The van der Waals surface area contributed by atoms with Gasteiger partial charge in [0.1, 0.15) is 5.56 Å². The average Bonchev–Trinajstić information content (AvgIpc) is 3.27. The van der Waals surface area contributed by atoms with E-state index in [-0.39, 0.29) is 35.5 Å². The van der Waals surface area contributed by atoms with E-state index in [1.54, 1.807) is 23.6 Å². The van der Waals surface area contributed by atoms with Gasteiger partial charge < -0.3 is 19.6 Å². The number of fused-ring (bicyclic) bond motifs is 1. The van der Waals surface area contributed by atoms with Crippen LogP contribution >= 0.6 is 11.3 Å². The summed E-state index contributed by atoms with van der Waals surface area (Å²) >= 11 is 1.35. The number of likely N-dealkylation sites (N-methyl/N-ethyl adjacent to an activating group) is 1. The van der Waals surface area contributed by atoms with Gasteiger partial charge in [-0.2, -0.15) is 0 Å². The largest absolute Gasteiger partial charge is 0.396 e. The number of likely N-dealkylation sites (tertiary alicyclic amines) is 1. The van der Waals surface area contributed by atoms with Gasteiger partial charge in [0.05, 0.1) is 6.61 Å². The molecule has 1 N–H and O–H groups in total. The number of nitrogens with zero attached hydrogens (tertiary/aromatic N) is 4. The molecule has 0 bridgehead atoms. The van der Waals surface area contributed by atoms with E-state index < -0.39 is 0 Å². The second-order valence-corrected chi connectivity index (χ2v) is 7.57. The lowest BCUT2D eigenvalue weighted by molar-refractivity contribution is 0.0776. The molecule has 8 nitrogen and oxygen atoms in total. The van der Waals surface area contributed by atoms with Crippen LogP contribution in [0.4, 0.5) is 0 Å². The molecule has 0 spiro atoms. The van der Waals surface area contributed by atoms with E-state index in [0.29, 0.717) is 24.7 Å². The third-order valence-electron chi connectivity index (χ3n) is 4.89. The molecule has 1 amide bonds. The lowest BCUT2D eigenvalue weighted by Gasteiger charge is -2.23. The molecule has 2 aromatic heterocycles. The molecule has 1 aliphatic rings. The van der Waals surface area contributed by atoms with Crippen molar-refractivity contribution in [1.82, 2.24) is 19.2 Å². The number of carbonyl (C=O) groups excluding carboxylic acids is 1. The molecule has 1 fully saturated rings. The summed E-state index contributed by atoms with van der Waals surface area (Å²) in [6.07, 6.45) is 2.99. The number of ether oxygens (including phenoxy) is 1. The van der Waals surface area contributed by atoms with Crippen molar-refractivity contribution in [3.63, 3.8) is 0 Å². The average molecular weight is 380 g/mol. The van der Waals surface area contributed by atoms with E-state index in [9.17, 15) is 14.7 Å². The van der Waals surface area contributed by atoms with Crippen molar-refractivity contribution in [1.29, 1.82) is 0 Å². The Labute approximate surface area is 155 Å². The Bertz CT molecular complexity index is 820. The van der Waals surface area contributed by atoms with E-state index in [2.05, 4.69) is 9.88 Å². The SMILES string of the molecule is COCCN(C)C[C@@H]1CN(C(=O)c2cnc3sccn3c2=O)C[C@@H]1CO. The monoisotopic (exact) mass is 380 g/mol. The molecule has 0 aliphatic carbocycles. The maximum absolute atomic E-state index is 12.9. The smallest absolute Gasteiger partial charge is 0.271 e. The summed E-state index contributed by atoms with van der Waals surface area (Å²) in [7, 11) is 3.66. The predicted octanol–water partition coefficient (Wildman–Crippen LogP) is 0.0147. The first kappa shape index (κ1) is 19.0. The first-order valence-corrected chi connectivity index (χ1v) is 9.45. The highest BCUT2D eigenvalue weighted by Crippen LogP contribution is 2.25. The Morgan fingerprint density at radius 3 is 2.96 bits per heavy atom. The molecule has 3 heterocycles. The second kappa shape index (κ2) is 8.26. The number of rotatable bonds is 7. The zero-order chi connectivity index (χ0) is 18.7. The maximum atomic E-state index is 12.9. The molecule has 0 unspecified atom stereocenters. The Kier molecular flexibility index (Phi) is 6.02. The standard InChI is InChI=1S/C17H24N4O4S/c1-19(3-5-25-2)8-12-9-20(10-13(12)11-22)15(23)14-7-18-17-21(16(14)24)4-6-26-17/h4,6-7,12-13,22H,3,5,8-11H2,1-2H3/t12-,13-/m1/s1. The van der Waals surface area contributed by atoms with E-state index in [0.717, 1.165) is 13.1 Å². The van der Waals surface area contributed by atoms with Gasteiger partial charge >= 0.3 is 0 Å². The summed E-state index contributed by atoms with van der Waals surface area (Å²) in [6.45, 7) is 3.18. The van der Waals surface area contributed by atoms with Crippen molar-refractivity contribution in [2.45, 2.75) is 0 Å². The van der Waals surface area contributed by atoms with Gasteiger partial charge in [-0.25, -0.2) is 4.98 Å². The number of hydrogen-bond donors (Lipinski definition) is 1. The van der Waals surface area contributed by atoms with Crippen molar-refractivity contribution >= 4 is 22.2 Å². The number of thiazole rings is 1. The van der Waals surface area contributed by atoms with Crippen LogP contribution in [0.2, 0.25) is 0 Å². The van der Waals surface area contributed by atoms with Crippen LogP contribution in [0.5, 0.6) is 0 Å². The van der Waals surface area contributed by atoms with Gasteiger partial charge in [0, 0.05) is 63.6 Å². The summed E-state index contributed by atoms with van der Waals surface area (Å²) in [5.41, 5.74) is -0.270. The molecular weight excluding hydrogens is 356 g/mol. The van der Waals surface area contributed by atoms with E-state index in [1.807, 2.05) is 7.05 Å². The topological polar surface area (TPSA) is 87.4 Å². The highest BCUT2D eigenvalue weighted by atomic mass is 32.1. The lowest BCUT2D eigenvalue weighted by atomic mass is 9.96. The van der Waals surface area contributed by atoms with Gasteiger partial charge in [0.2, 0.25) is 0 Å². The zero-order valence-electron chi connectivity index (χ0n) is 15.0. The first-order valence-electron chi connectivity index (χ1n) is 8.57. The van der Waals surface area contributed by atoms with Crippen LogP contribution in [0, 0.1) is 11.8 Å². The molecule has 1 aliphatic heterocycles. The molecule has 26 heavy (non-hydrogen) atoms. The van der Waals surface area contributed by atoms with Crippen molar-refractivity contribution in [3.05, 3.63) is 33.7 Å². The normalized spacial score (nSPS) is 20.4. The fourth-order valence-corrected chi connectivity index (χ4v) is 4.07. The fraction of sp³-hybridized carbons (Fsp3) is 0.588. The second-order valence-electron chi connectivity index (χ2n) is 6.70. The molecule has 142 valence electrons. The maximum Gasteiger partial charge on any atom is 0.271 e. The molecule has 2 aromatic rings. The number of carbonyl (C=O) groups is 1. The van der Waals surface area contributed by atoms with E-state index in [4.69, 9.17) is 4.74 Å². The minimum atomic E-state index is -0.345. The van der Waals surface area contributed by atoms with Crippen molar-refractivity contribution < 1.29 is 14.6 Å². The molecule has 9 heteroatoms. The highest BCUT2D eigenvalue weighted by molar-refractivity contribution is 7.15. The summed E-state index contributed by atoms with van der Waals surface area (Å²) in [5.74, 6) is -0.153. The Hall–Kier alpha value is -1.81. The van der Waals surface area contributed by atoms with Crippen LogP contribution in [0.25, 0.3) is 4.96 Å². The predicted molar refractivity (Wildman–Crippen MR) is 98.7 cm³/mol. The lowest BCUT2D eigenvalue weighted by Crippen LogP contribution is -2.35. The van der Waals surface area contributed by atoms with Crippen molar-refractivity contribution in [2.75, 3.05) is 53.6 Å². The third kappa shape index (κ3) is 3.80. The third-order valence-corrected chi connectivity index (χ3v) is 5.67. The van der Waals surface area contributed by atoms with Crippen LogP contribution in [-0.2, 0) is 4.74 Å². The molecule has 3 rings (SSSR count). The van der Waals surface area contributed by atoms with Crippen molar-refractivity contribution in [3.8, 4) is 0 Å². The quantitative estimate of drug-likeness (QED) is 0.728. The Balaban J connectivity index is 1.73. The molecule has 0 radical (unpaired) electrons. The molecule has 1 saturated heterocycles. The number of aliphatic hydroxyl groups excluding tert-OH is 1. The minimum absolute atomic E-state index is 0.00420. The van der Waals surface area contributed by atoms with Crippen LogP contribution < -0.4 is 5.56 Å². The summed E-state index contributed by atoms with van der Waals surface area (Å²) in [5, 5.41) is 11.5. The number of methoxy groups -OCH3 is 1. The van der Waals surface area contributed by atoms with Gasteiger partial charge in [-0.1, -0.05) is 0 Å². The van der Waals surface area contributed by atoms with Crippen LogP contribution in [0.15, 0.2) is 22.6 Å². The summed E-state index contributed by atoms with van der Waals surface area (Å²) in [4.78, 5) is 33.9. The number of amides is 1. The molecular formula is C17H24N4O4S. The highest BCUT2D eigenvalue weighted by Gasteiger charge is 2.36. The van der Waals surface area contributed by atoms with E-state index in [1.165, 1.54) is 21.9 Å². The fourth-order valence-electron chi connectivity index (χ4n) is 3.40. The summed E-state index contributed by atoms with van der Waals surface area (Å²) < 4.78 is 6.49. The van der Waals surface area contributed by atoms with Gasteiger partial charge in [0.25, 0.3) is 11.5 Å². The van der Waals surface area contributed by atoms with E-state index >= 15 is 0 Å². The summed E-state index contributed by atoms with van der Waals surface area (Å²) in [6, 6.07) is 0. The van der Waals surface area contributed by atoms with Gasteiger partial charge in [-0.15, -0.1) is 11.3 Å². The first-order chi connectivity index (χ1) is 12.5. The molecule has 0 aromatic carbocycles. The van der Waals surface area contributed by atoms with Gasteiger partial charge in [0.15, 0.2) is 4.96 Å². The Morgan fingerprint density at radius 1 is 1.46 bits per heavy atom. The van der Waals surface area contributed by atoms with Crippen LogP contribution in [0.3, 0.4) is 0 Å². The molecule has 2 atom stereocenters. The van der Waals surface area contributed by atoms with Gasteiger partial charge in [-0.3, -0.25) is 14.0 Å². The van der Waals surface area contributed by atoms with Crippen LogP contribution in [0.1, 0.15) is 10.4 Å². The number of hydrogen-bond acceptors (Lipinski definition) is 7. The zero-order valence-corrected chi connectivity index (χ0v) is 15.8. The number of aliphatic hydroxyl groups is 1.